The summed E-state index contributed by atoms with van der Waals surface area (Å²) in [4.78, 5) is 12.1. The number of carbonyl (C=O) groups is 1. The molecule has 0 fully saturated rings. The summed E-state index contributed by atoms with van der Waals surface area (Å²) >= 11 is 11.9. The fourth-order valence-corrected chi connectivity index (χ4v) is 2.11. The predicted molar refractivity (Wildman–Crippen MR) is 88.6 cm³/mol. The maximum absolute atomic E-state index is 12.1. The number of hydrogen-bond donors (Lipinski definition) is 2. The van der Waals surface area contributed by atoms with E-state index in [2.05, 4.69) is 10.6 Å². The fourth-order valence-electron chi connectivity index (χ4n) is 1.77. The second-order valence-corrected chi connectivity index (χ2v) is 5.11. The van der Waals surface area contributed by atoms with Gasteiger partial charge in [-0.1, -0.05) is 23.2 Å². The van der Waals surface area contributed by atoms with Crippen LogP contribution < -0.4 is 20.1 Å². The summed E-state index contributed by atoms with van der Waals surface area (Å²) in [6, 6.07) is 9.40. The first kappa shape index (κ1) is 16.3. The second kappa shape index (κ2) is 7.24. The van der Waals surface area contributed by atoms with Crippen LogP contribution >= 0.6 is 23.2 Å². The molecule has 0 unspecified atom stereocenters. The van der Waals surface area contributed by atoms with Gasteiger partial charge in [-0.15, -0.1) is 0 Å². The van der Waals surface area contributed by atoms with E-state index in [-0.39, 0.29) is 0 Å². The molecule has 2 aromatic carbocycles. The van der Waals surface area contributed by atoms with E-state index in [9.17, 15) is 4.79 Å². The third kappa shape index (κ3) is 3.96. The maximum Gasteiger partial charge on any atom is 0.323 e. The van der Waals surface area contributed by atoms with Gasteiger partial charge >= 0.3 is 6.03 Å². The van der Waals surface area contributed by atoms with Crippen molar-refractivity contribution < 1.29 is 14.3 Å². The molecule has 2 N–H and O–H groups in total. The van der Waals surface area contributed by atoms with E-state index in [1.165, 1.54) is 7.11 Å². The fraction of sp³-hybridized carbons (Fsp3) is 0.133. The molecule has 0 heterocycles. The number of halogens is 2. The summed E-state index contributed by atoms with van der Waals surface area (Å²) in [5.41, 5.74) is 0.915. The van der Waals surface area contributed by atoms with Crippen LogP contribution in [-0.2, 0) is 0 Å². The lowest BCUT2D eigenvalue weighted by atomic mass is 10.2. The van der Waals surface area contributed by atoms with Crippen molar-refractivity contribution in [2.24, 2.45) is 0 Å². The van der Waals surface area contributed by atoms with Gasteiger partial charge in [-0.05, 0) is 30.3 Å². The van der Waals surface area contributed by atoms with Crippen LogP contribution in [0.4, 0.5) is 16.2 Å². The minimum atomic E-state index is -0.465. The summed E-state index contributed by atoms with van der Waals surface area (Å²) in [6.07, 6.45) is 0. The van der Waals surface area contributed by atoms with Gasteiger partial charge in [-0.2, -0.15) is 0 Å². The van der Waals surface area contributed by atoms with Crippen molar-refractivity contribution in [1.29, 1.82) is 0 Å². The van der Waals surface area contributed by atoms with E-state index < -0.39 is 6.03 Å². The number of anilines is 2. The summed E-state index contributed by atoms with van der Waals surface area (Å²) in [5, 5.41) is 6.17. The molecule has 0 radical (unpaired) electrons. The number of hydrogen-bond acceptors (Lipinski definition) is 3. The Morgan fingerprint density at radius 2 is 1.68 bits per heavy atom. The van der Waals surface area contributed by atoms with E-state index >= 15 is 0 Å². The molecule has 2 amide bonds. The molecule has 22 heavy (non-hydrogen) atoms. The second-order valence-electron chi connectivity index (χ2n) is 4.27. The molecule has 7 heteroatoms. The predicted octanol–water partition coefficient (Wildman–Crippen LogP) is 4.65. The topological polar surface area (TPSA) is 59.6 Å². The van der Waals surface area contributed by atoms with Gasteiger partial charge < -0.3 is 20.1 Å². The van der Waals surface area contributed by atoms with Crippen molar-refractivity contribution in [3.63, 3.8) is 0 Å². The Morgan fingerprint density at radius 1 is 0.955 bits per heavy atom. The van der Waals surface area contributed by atoms with Gasteiger partial charge in [0.15, 0.2) is 0 Å². The number of benzene rings is 2. The van der Waals surface area contributed by atoms with Crippen molar-refractivity contribution in [1.82, 2.24) is 0 Å². The van der Waals surface area contributed by atoms with Crippen LogP contribution in [0, 0.1) is 0 Å². The Hall–Kier alpha value is -2.11. The van der Waals surface area contributed by atoms with Crippen LogP contribution in [0.15, 0.2) is 36.4 Å². The van der Waals surface area contributed by atoms with E-state index in [1.54, 1.807) is 43.5 Å². The normalized spacial score (nSPS) is 10.0. The Balaban J connectivity index is 2.13. The number of carbonyl (C=O) groups excluding carboxylic acids is 1. The number of urea groups is 1. The lowest BCUT2D eigenvalue weighted by Gasteiger charge is -2.13. The van der Waals surface area contributed by atoms with Crippen molar-refractivity contribution in [3.05, 3.63) is 46.4 Å². The van der Waals surface area contributed by atoms with E-state index in [4.69, 9.17) is 32.7 Å². The summed E-state index contributed by atoms with van der Waals surface area (Å²) in [6.45, 7) is 0. The van der Waals surface area contributed by atoms with Crippen LogP contribution in [-0.4, -0.2) is 20.3 Å². The van der Waals surface area contributed by atoms with Crippen LogP contribution in [0.5, 0.6) is 11.5 Å². The lowest BCUT2D eigenvalue weighted by molar-refractivity contribution is 0.262. The highest BCUT2D eigenvalue weighted by atomic mass is 35.5. The average Bonchev–Trinajstić information content (AvgIpc) is 2.51. The van der Waals surface area contributed by atoms with Crippen molar-refractivity contribution in [2.45, 2.75) is 0 Å². The zero-order valence-corrected chi connectivity index (χ0v) is 13.5. The Bertz CT molecular complexity index is 692. The van der Waals surface area contributed by atoms with Crippen molar-refractivity contribution in [2.75, 3.05) is 24.9 Å². The molecule has 0 aromatic heterocycles. The molecule has 116 valence electrons. The first-order chi connectivity index (χ1) is 10.5. The van der Waals surface area contributed by atoms with Gasteiger partial charge in [0.2, 0.25) is 0 Å². The monoisotopic (exact) mass is 340 g/mol. The molecule has 2 aromatic rings. The molecule has 0 aliphatic carbocycles. The average molecular weight is 341 g/mol. The van der Waals surface area contributed by atoms with Gasteiger partial charge in [0.25, 0.3) is 0 Å². The molecule has 0 atom stereocenters. The zero-order chi connectivity index (χ0) is 16.1. The zero-order valence-electron chi connectivity index (χ0n) is 11.9. The third-order valence-electron chi connectivity index (χ3n) is 2.83. The first-order valence-corrected chi connectivity index (χ1v) is 7.04. The quantitative estimate of drug-likeness (QED) is 0.851. The SMILES string of the molecule is COc1ccc(NC(=O)Nc2cc(Cl)ccc2Cl)c(OC)c1. The summed E-state index contributed by atoms with van der Waals surface area (Å²) in [7, 11) is 3.06. The van der Waals surface area contributed by atoms with Gasteiger partial charge in [0.1, 0.15) is 11.5 Å². The van der Waals surface area contributed by atoms with Crippen LogP contribution in [0.1, 0.15) is 0 Å². The van der Waals surface area contributed by atoms with Crippen molar-refractivity contribution in [3.8, 4) is 11.5 Å². The molecular weight excluding hydrogens is 327 g/mol. The lowest BCUT2D eigenvalue weighted by Crippen LogP contribution is -2.20. The molecular formula is C15H14Cl2N2O3. The Morgan fingerprint density at radius 3 is 2.36 bits per heavy atom. The minimum Gasteiger partial charge on any atom is -0.497 e. The standard InChI is InChI=1S/C15H14Cl2N2O3/c1-21-10-4-6-12(14(8-10)22-2)18-15(20)19-13-7-9(16)3-5-11(13)17/h3-8H,1-2H3,(H2,18,19,20). The smallest absolute Gasteiger partial charge is 0.323 e. The van der Waals surface area contributed by atoms with Crippen LogP contribution in [0.2, 0.25) is 10.0 Å². The number of nitrogens with one attached hydrogen (secondary N) is 2. The maximum atomic E-state index is 12.1. The van der Waals surface area contributed by atoms with Gasteiger partial charge in [-0.25, -0.2) is 4.79 Å². The van der Waals surface area contributed by atoms with E-state index in [0.29, 0.717) is 32.9 Å². The molecule has 0 saturated heterocycles. The Labute approximate surface area is 138 Å². The highest BCUT2D eigenvalue weighted by Crippen LogP contribution is 2.30. The number of amides is 2. The highest BCUT2D eigenvalue weighted by molar-refractivity contribution is 6.35. The largest absolute Gasteiger partial charge is 0.497 e. The van der Waals surface area contributed by atoms with Gasteiger partial charge in [-0.3, -0.25) is 0 Å². The van der Waals surface area contributed by atoms with Crippen LogP contribution in [0.25, 0.3) is 0 Å². The third-order valence-corrected chi connectivity index (χ3v) is 3.40. The summed E-state index contributed by atoms with van der Waals surface area (Å²) < 4.78 is 10.3. The number of methoxy groups -OCH3 is 2. The molecule has 0 aliphatic heterocycles. The number of rotatable bonds is 4. The first-order valence-electron chi connectivity index (χ1n) is 6.28. The molecule has 5 nitrogen and oxygen atoms in total. The molecule has 0 saturated carbocycles. The Kier molecular flexibility index (Phi) is 5.35. The minimum absolute atomic E-state index is 0.390. The van der Waals surface area contributed by atoms with Gasteiger partial charge in [0, 0.05) is 11.1 Å². The number of ether oxygens (including phenoxy) is 2. The molecule has 0 bridgehead atoms. The van der Waals surface area contributed by atoms with Crippen LogP contribution in [0.3, 0.4) is 0 Å². The van der Waals surface area contributed by atoms with Crippen molar-refractivity contribution >= 4 is 40.6 Å². The molecule has 2 rings (SSSR count). The molecule has 0 spiro atoms. The van der Waals surface area contributed by atoms with E-state index in [0.717, 1.165) is 0 Å². The summed E-state index contributed by atoms with van der Waals surface area (Å²) in [5.74, 6) is 1.10. The van der Waals surface area contributed by atoms with E-state index in [1.807, 2.05) is 0 Å². The highest BCUT2D eigenvalue weighted by Gasteiger charge is 2.10. The van der Waals surface area contributed by atoms with Gasteiger partial charge in [0.05, 0.1) is 30.6 Å². The molecule has 0 aliphatic rings.